The van der Waals surface area contributed by atoms with Crippen LogP contribution in [0.5, 0.6) is 0 Å². The molecule has 2 nitrogen and oxygen atoms in total. The van der Waals surface area contributed by atoms with Crippen LogP contribution in [0.2, 0.25) is 0 Å². The molecule has 3 N–H and O–H groups in total. The first kappa shape index (κ1) is 13.6. The van der Waals surface area contributed by atoms with Gasteiger partial charge in [0.2, 0.25) is 0 Å². The zero-order chi connectivity index (χ0) is 13.5. The summed E-state index contributed by atoms with van der Waals surface area (Å²) in [6.07, 6.45) is 3.66. The summed E-state index contributed by atoms with van der Waals surface area (Å²) in [5.74, 6) is 0. The van der Waals surface area contributed by atoms with Crippen LogP contribution in [-0.2, 0) is 13.0 Å². The van der Waals surface area contributed by atoms with Crippen molar-refractivity contribution in [2.75, 3.05) is 5.32 Å². The number of hydrogen-bond donors (Lipinski definition) is 2. The molecule has 2 aromatic rings. The fraction of sp³-hybridized carbons (Fsp3) is 0.294. The Morgan fingerprint density at radius 3 is 2.42 bits per heavy atom. The highest BCUT2D eigenvalue weighted by molar-refractivity contribution is 5.60. The zero-order valence-corrected chi connectivity index (χ0v) is 11.5. The SMILES string of the molecule is CCCCc1ccc(Nc2cccc(CN)c2)cc1. The highest BCUT2D eigenvalue weighted by Crippen LogP contribution is 2.18. The molecule has 0 radical (unpaired) electrons. The Morgan fingerprint density at radius 1 is 0.947 bits per heavy atom. The number of rotatable bonds is 6. The van der Waals surface area contributed by atoms with Crippen molar-refractivity contribution < 1.29 is 0 Å². The van der Waals surface area contributed by atoms with Gasteiger partial charge in [-0.1, -0.05) is 37.6 Å². The first-order chi connectivity index (χ1) is 9.31. The molecule has 100 valence electrons. The molecule has 0 atom stereocenters. The minimum atomic E-state index is 0.575. The Hall–Kier alpha value is -1.80. The quantitative estimate of drug-likeness (QED) is 0.809. The van der Waals surface area contributed by atoms with E-state index in [1.807, 2.05) is 12.1 Å². The summed E-state index contributed by atoms with van der Waals surface area (Å²) >= 11 is 0. The summed E-state index contributed by atoms with van der Waals surface area (Å²) in [7, 11) is 0. The lowest BCUT2D eigenvalue weighted by Gasteiger charge is -2.08. The second kappa shape index (κ2) is 6.95. The molecule has 0 fully saturated rings. The lowest BCUT2D eigenvalue weighted by atomic mass is 10.1. The average Bonchev–Trinajstić information content (AvgIpc) is 2.47. The van der Waals surface area contributed by atoms with Crippen molar-refractivity contribution in [3.8, 4) is 0 Å². The fourth-order valence-corrected chi connectivity index (χ4v) is 2.08. The van der Waals surface area contributed by atoms with Gasteiger partial charge in [-0.3, -0.25) is 0 Å². The summed E-state index contributed by atoms with van der Waals surface area (Å²) < 4.78 is 0. The van der Waals surface area contributed by atoms with Gasteiger partial charge in [-0.2, -0.15) is 0 Å². The molecule has 2 heteroatoms. The van der Waals surface area contributed by atoms with Crippen molar-refractivity contribution in [1.29, 1.82) is 0 Å². The molecule has 0 bridgehead atoms. The largest absolute Gasteiger partial charge is 0.356 e. The van der Waals surface area contributed by atoms with Gasteiger partial charge in [-0.05, 0) is 48.2 Å². The van der Waals surface area contributed by atoms with Gasteiger partial charge in [0.15, 0.2) is 0 Å². The smallest absolute Gasteiger partial charge is 0.0387 e. The van der Waals surface area contributed by atoms with Crippen molar-refractivity contribution in [2.45, 2.75) is 32.7 Å². The van der Waals surface area contributed by atoms with Gasteiger partial charge >= 0.3 is 0 Å². The van der Waals surface area contributed by atoms with E-state index in [4.69, 9.17) is 5.73 Å². The predicted octanol–water partition coefficient (Wildman–Crippen LogP) is 4.23. The van der Waals surface area contributed by atoms with E-state index in [-0.39, 0.29) is 0 Å². The lowest BCUT2D eigenvalue weighted by molar-refractivity contribution is 0.795. The van der Waals surface area contributed by atoms with Crippen LogP contribution in [0.3, 0.4) is 0 Å². The van der Waals surface area contributed by atoms with Gasteiger partial charge in [-0.25, -0.2) is 0 Å². The Labute approximate surface area is 115 Å². The molecule has 0 spiro atoms. The molecule has 0 heterocycles. The topological polar surface area (TPSA) is 38.0 Å². The standard InChI is InChI=1S/C17H22N2/c1-2-3-5-14-8-10-16(11-9-14)19-17-7-4-6-15(12-17)13-18/h4,6-12,19H,2-3,5,13,18H2,1H3. The van der Waals surface area contributed by atoms with E-state index in [2.05, 4.69) is 48.6 Å². The first-order valence-corrected chi connectivity index (χ1v) is 6.97. The number of hydrogen-bond acceptors (Lipinski definition) is 2. The molecule has 0 aliphatic heterocycles. The van der Waals surface area contributed by atoms with Gasteiger partial charge < -0.3 is 11.1 Å². The maximum absolute atomic E-state index is 5.65. The van der Waals surface area contributed by atoms with Crippen molar-refractivity contribution in [3.63, 3.8) is 0 Å². The second-order valence-corrected chi connectivity index (χ2v) is 4.83. The fourth-order valence-electron chi connectivity index (χ4n) is 2.08. The molecule has 0 aliphatic rings. The Balaban J connectivity index is 2.02. The molecular formula is C17H22N2. The number of anilines is 2. The minimum absolute atomic E-state index is 0.575. The first-order valence-electron chi connectivity index (χ1n) is 6.97. The number of aryl methyl sites for hydroxylation is 1. The molecular weight excluding hydrogens is 232 g/mol. The van der Waals surface area contributed by atoms with Crippen LogP contribution in [0.4, 0.5) is 11.4 Å². The highest BCUT2D eigenvalue weighted by atomic mass is 14.9. The Bertz CT molecular complexity index is 503. The van der Waals surface area contributed by atoms with Gasteiger partial charge in [0, 0.05) is 17.9 Å². The molecule has 0 aromatic heterocycles. The van der Waals surface area contributed by atoms with Crippen LogP contribution in [0.1, 0.15) is 30.9 Å². The van der Waals surface area contributed by atoms with E-state index in [1.54, 1.807) is 0 Å². The van der Waals surface area contributed by atoms with Gasteiger partial charge in [0.1, 0.15) is 0 Å². The molecule has 19 heavy (non-hydrogen) atoms. The van der Waals surface area contributed by atoms with Crippen molar-refractivity contribution in [3.05, 3.63) is 59.7 Å². The molecule has 0 saturated carbocycles. The number of nitrogens with two attached hydrogens (primary N) is 1. The zero-order valence-electron chi connectivity index (χ0n) is 11.5. The van der Waals surface area contributed by atoms with Gasteiger partial charge in [-0.15, -0.1) is 0 Å². The lowest BCUT2D eigenvalue weighted by Crippen LogP contribution is -1.97. The van der Waals surface area contributed by atoms with E-state index < -0.39 is 0 Å². The third-order valence-corrected chi connectivity index (χ3v) is 3.22. The Kier molecular flexibility index (Phi) is 4.99. The summed E-state index contributed by atoms with van der Waals surface area (Å²) in [6.45, 7) is 2.80. The van der Waals surface area contributed by atoms with E-state index in [0.29, 0.717) is 6.54 Å². The van der Waals surface area contributed by atoms with Crippen LogP contribution in [0.25, 0.3) is 0 Å². The second-order valence-electron chi connectivity index (χ2n) is 4.83. The molecule has 2 aromatic carbocycles. The maximum Gasteiger partial charge on any atom is 0.0387 e. The normalized spacial score (nSPS) is 10.4. The van der Waals surface area contributed by atoms with Gasteiger partial charge in [0.05, 0.1) is 0 Å². The van der Waals surface area contributed by atoms with Crippen LogP contribution >= 0.6 is 0 Å². The average molecular weight is 254 g/mol. The number of benzene rings is 2. The van der Waals surface area contributed by atoms with E-state index in [1.165, 1.54) is 24.8 Å². The summed E-state index contributed by atoms with van der Waals surface area (Å²) in [5.41, 5.74) is 10.4. The molecule has 2 rings (SSSR count). The number of unbranched alkanes of at least 4 members (excludes halogenated alkanes) is 1. The monoisotopic (exact) mass is 254 g/mol. The van der Waals surface area contributed by atoms with Crippen molar-refractivity contribution in [2.24, 2.45) is 5.73 Å². The third kappa shape index (κ3) is 4.11. The van der Waals surface area contributed by atoms with Crippen LogP contribution in [0.15, 0.2) is 48.5 Å². The molecule has 0 saturated heterocycles. The highest BCUT2D eigenvalue weighted by Gasteiger charge is 1.97. The van der Waals surface area contributed by atoms with E-state index >= 15 is 0 Å². The van der Waals surface area contributed by atoms with Crippen LogP contribution in [0, 0.1) is 0 Å². The van der Waals surface area contributed by atoms with Gasteiger partial charge in [0.25, 0.3) is 0 Å². The van der Waals surface area contributed by atoms with E-state index in [0.717, 1.165) is 16.9 Å². The molecule has 0 amide bonds. The van der Waals surface area contributed by atoms with Crippen molar-refractivity contribution >= 4 is 11.4 Å². The Morgan fingerprint density at radius 2 is 1.74 bits per heavy atom. The third-order valence-electron chi connectivity index (χ3n) is 3.22. The molecule has 0 unspecified atom stereocenters. The van der Waals surface area contributed by atoms with Crippen LogP contribution in [-0.4, -0.2) is 0 Å². The van der Waals surface area contributed by atoms with Crippen molar-refractivity contribution in [1.82, 2.24) is 0 Å². The predicted molar refractivity (Wildman–Crippen MR) is 82.7 cm³/mol. The molecule has 0 aliphatic carbocycles. The minimum Gasteiger partial charge on any atom is -0.356 e. The van der Waals surface area contributed by atoms with E-state index in [9.17, 15) is 0 Å². The van der Waals surface area contributed by atoms with Crippen LogP contribution < -0.4 is 11.1 Å². The summed E-state index contributed by atoms with van der Waals surface area (Å²) in [6, 6.07) is 16.9. The number of nitrogens with one attached hydrogen (secondary N) is 1. The maximum atomic E-state index is 5.65. The summed E-state index contributed by atoms with van der Waals surface area (Å²) in [4.78, 5) is 0. The summed E-state index contributed by atoms with van der Waals surface area (Å²) in [5, 5.41) is 3.41.